The van der Waals surface area contributed by atoms with Crippen LogP contribution in [0.4, 0.5) is 11.5 Å². The topological polar surface area (TPSA) is 108 Å². The van der Waals surface area contributed by atoms with E-state index in [2.05, 4.69) is 14.9 Å². The molecule has 1 atom stereocenters. The molecule has 0 amide bonds. The van der Waals surface area contributed by atoms with Crippen molar-refractivity contribution in [3.8, 4) is 5.75 Å². The van der Waals surface area contributed by atoms with E-state index in [-0.39, 0.29) is 17.7 Å². The van der Waals surface area contributed by atoms with Crippen LogP contribution in [-0.2, 0) is 17.6 Å². The van der Waals surface area contributed by atoms with Crippen LogP contribution in [0.15, 0.2) is 42.9 Å². The van der Waals surface area contributed by atoms with Crippen LogP contribution in [0.5, 0.6) is 5.75 Å². The second-order valence-corrected chi connectivity index (χ2v) is 11.6. The maximum absolute atomic E-state index is 11.6. The van der Waals surface area contributed by atoms with Crippen molar-refractivity contribution in [1.82, 2.24) is 14.3 Å². The van der Waals surface area contributed by atoms with Gasteiger partial charge in [0.2, 0.25) is 0 Å². The summed E-state index contributed by atoms with van der Waals surface area (Å²) < 4.78 is 19.5. The highest BCUT2D eigenvalue weighted by Gasteiger charge is 2.53. The SMILES string of the molecule is Cc1cc(C(=N)c2cc(OCc3c(Cl)cncc3Cl)ccc2N)cnc1N1CC2(C1)CN(S(C)=O)C2. The monoisotopic (exact) mass is 544 g/mol. The van der Waals surface area contributed by atoms with Crippen molar-refractivity contribution in [2.75, 3.05) is 43.1 Å². The van der Waals surface area contributed by atoms with Crippen LogP contribution in [-0.4, -0.2) is 56.6 Å². The number of nitrogen functional groups attached to an aromatic ring is 1. The number of anilines is 2. The van der Waals surface area contributed by atoms with Gasteiger partial charge in [0.05, 0.1) is 26.7 Å². The highest BCUT2D eigenvalue weighted by atomic mass is 35.5. The molecule has 5 rings (SSSR count). The van der Waals surface area contributed by atoms with Gasteiger partial charge in [0.25, 0.3) is 0 Å². The Hall–Kier alpha value is -2.72. The lowest BCUT2D eigenvalue weighted by Gasteiger charge is -2.59. The minimum Gasteiger partial charge on any atom is -0.489 e. The third-order valence-corrected chi connectivity index (χ3v) is 8.34. The first kappa shape index (κ1) is 25.0. The Bertz CT molecular complexity index is 1350. The van der Waals surface area contributed by atoms with E-state index in [4.69, 9.17) is 39.1 Å². The Balaban J connectivity index is 1.28. The second-order valence-electron chi connectivity index (χ2n) is 9.44. The summed E-state index contributed by atoms with van der Waals surface area (Å²) >= 11 is 12.4. The number of aryl methyl sites for hydroxylation is 1. The minimum atomic E-state index is -0.900. The van der Waals surface area contributed by atoms with Crippen LogP contribution >= 0.6 is 23.2 Å². The van der Waals surface area contributed by atoms with E-state index in [1.165, 1.54) is 12.4 Å². The van der Waals surface area contributed by atoms with Gasteiger partial charge in [-0.15, -0.1) is 0 Å². The number of halogens is 2. The third-order valence-electron chi connectivity index (χ3n) is 6.71. The smallest absolute Gasteiger partial charge is 0.131 e. The van der Waals surface area contributed by atoms with E-state index in [9.17, 15) is 4.21 Å². The average molecular weight is 545 g/mol. The van der Waals surface area contributed by atoms with Crippen molar-refractivity contribution in [2.24, 2.45) is 5.41 Å². The van der Waals surface area contributed by atoms with Gasteiger partial charge in [0, 0.05) is 78.8 Å². The summed E-state index contributed by atoms with van der Waals surface area (Å²) in [5.74, 6) is 1.46. The Morgan fingerprint density at radius 1 is 1.17 bits per heavy atom. The summed E-state index contributed by atoms with van der Waals surface area (Å²) in [6, 6.07) is 7.17. The maximum atomic E-state index is 11.6. The molecule has 0 radical (unpaired) electrons. The van der Waals surface area contributed by atoms with Crippen LogP contribution in [0.25, 0.3) is 0 Å². The first-order valence-corrected chi connectivity index (χ1v) is 13.6. The molecule has 1 spiro atoms. The molecular formula is C25H26Cl2N6O2S. The van der Waals surface area contributed by atoms with Crippen LogP contribution in [0.1, 0.15) is 22.3 Å². The number of pyridine rings is 2. The zero-order chi connectivity index (χ0) is 25.6. The number of nitrogens with two attached hydrogens (primary N) is 1. The Labute approximate surface area is 222 Å². The molecule has 2 aliphatic rings. The van der Waals surface area contributed by atoms with Gasteiger partial charge < -0.3 is 15.4 Å². The summed E-state index contributed by atoms with van der Waals surface area (Å²) in [6.07, 6.45) is 6.48. The zero-order valence-electron chi connectivity index (χ0n) is 19.9. The molecule has 36 heavy (non-hydrogen) atoms. The molecule has 0 bridgehead atoms. The fraction of sp³-hybridized carbons (Fsp3) is 0.320. The zero-order valence-corrected chi connectivity index (χ0v) is 22.3. The standard InChI is InChI=1S/C25H26Cl2N6O2S/c1-15-5-16(7-31-24(15)32-11-25(12-32)13-33(14-25)36(2)34)23(29)18-6-17(3-4-22(18)28)35-10-19-20(26)8-30-9-21(19)27/h3-9,29H,10-14,28H2,1-2H3. The van der Waals surface area contributed by atoms with Crippen LogP contribution in [0.3, 0.4) is 0 Å². The number of benzene rings is 1. The lowest BCUT2D eigenvalue weighted by Crippen LogP contribution is -2.72. The molecule has 3 aromatic rings. The molecule has 2 fully saturated rings. The maximum Gasteiger partial charge on any atom is 0.131 e. The summed E-state index contributed by atoms with van der Waals surface area (Å²) in [7, 11) is -0.900. The molecule has 2 saturated heterocycles. The number of hydrogen-bond donors (Lipinski definition) is 2. The molecule has 2 aromatic heterocycles. The van der Waals surface area contributed by atoms with Crippen molar-refractivity contribution in [2.45, 2.75) is 13.5 Å². The number of ether oxygens (including phenoxy) is 1. The van der Waals surface area contributed by atoms with Crippen LogP contribution in [0.2, 0.25) is 10.0 Å². The van der Waals surface area contributed by atoms with Gasteiger partial charge in [-0.2, -0.15) is 0 Å². The number of nitrogens with zero attached hydrogens (tertiary/aromatic N) is 4. The normalized spacial score (nSPS) is 17.4. The summed E-state index contributed by atoms with van der Waals surface area (Å²) in [5, 5.41) is 9.65. The number of hydrogen-bond acceptors (Lipinski definition) is 7. The van der Waals surface area contributed by atoms with Crippen molar-refractivity contribution in [3.63, 3.8) is 0 Å². The van der Waals surface area contributed by atoms with E-state index in [1.54, 1.807) is 30.7 Å². The molecule has 188 valence electrons. The first-order chi connectivity index (χ1) is 17.2. The van der Waals surface area contributed by atoms with Crippen molar-refractivity contribution in [1.29, 1.82) is 5.41 Å². The molecule has 4 heterocycles. The highest BCUT2D eigenvalue weighted by Crippen LogP contribution is 2.42. The molecule has 3 N–H and O–H groups in total. The third kappa shape index (κ3) is 4.68. The van der Waals surface area contributed by atoms with E-state index < -0.39 is 11.0 Å². The average Bonchev–Trinajstić information content (AvgIpc) is 2.78. The lowest BCUT2D eigenvalue weighted by atomic mass is 9.74. The molecule has 0 saturated carbocycles. The predicted octanol–water partition coefficient (Wildman–Crippen LogP) is 4.08. The van der Waals surface area contributed by atoms with Crippen molar-refractivity contribution in [3.05, 3.63) is 75.2 Å². The molecule has 8 nitrogen and oxygen atoms in total. The van der Waals surface area contributed by atoms with Gasteiger partial charge in [0.15, 0.2) is 0 Å². The van der Waals surface area contributed by atoms with E-state index in [0.29, 0.717) is 38.2 Å². The number of nitrogens with one attached hydrogen (secondary N) is 1. The van der Waals surface area contributed by atoms with E-state index in [0.717, 1.165) is 37.6 Å². The van der Waals surface area contributed by atoms with E-state index in [1.807, 2.05) is 17.3 Å². The van der Waals surface area contributed by atoms with Gasteiger partial charge in [-0.25, -0.2) is 13.5 Å². The molecule has 0 aliphatic carbocycles. The number of rotatable bonds is 7. The van der Waals surface area contributed by atoms with Gasteiger partial charge >= 0.3 is 0 Å². The Kier molecular flexibility index (Phi) is 6.67. The summed E-state index contributed by atoms with van der Waals surface area (Å²) in [5.41, 5.74) is 10.0. The fourth-order valence-electron chi connectivity index (χ4n) is 4.76. The Morgan fingerprint density at radius 2 is 1.86 bits per heavy atom. The lowest BCUT2D eigenvalue weighted by molar-refractivity contribution is 0.0433. The summed E-state index contributed by atoms with van der Waals surface area (Å²) in [4.78, 5) is 10.9. The molecule has 1 unspecified atom stereocenters. The van der Waals surface area contributed by atoms with Gasteiger partial charge in [-0.3, -0.25) is 10.4 Å². The molecule has 11 heteroatoms. The molecule has 2 aliphatic heterocycles. The van der Waals surface area contributed by atoms with Gasteiger partial charge in [-0.1, -0.05) is 23.2 Å². The van der Waals surface area contributed by atoms with Gasteiger partial charge in [0.1, 0.15) is 18.2 Å². The van der Waals surface area contributed by atoms with Crippen molar-refractivity contribution >= 4 is 51.4 Å². The second kappa shape index (κ2) is 9.63. The fourth-order valence-corrected chi connectivity index (χ4v) is 6.15. The van der Waals surface area contributed by atoms with Gasteiger partial charge in [-0.05, 0) is 36.8 Å². The molecular weight excluding hydrogens is 519 g/mol. The van der Waals surface area contributed by atoms with Crippen LogP contribution in [0, 0.1) is 17.7 Å². The summed E-state index contributed by atoms with van der Waals surface area (Å²) in [6.45, 7) is 5.71. The quantitative estimate of drug-likeness (QED) is 0.342. The van der Waals surface area contributed by atoms with Crippen LogP contribution < -0.4 is 15.4 Å². The predicted molar refractivity (Wildman–Crippen MR) is 145 cm³/mol. The largest absolute Gasteiger partial charge is 0.489 e. The Morgan fingerprint density at radius 3 is 2.50 bits per heavy atom. The molecule has 1 aromatic carbocycles. The minimum absolute atomic E-state index is 0.162. The van der Waals surface area contributed by atoms with E-state index >= 15 is 0 Å². The first-order valence-electron chi connectivity index (χ1n) is 11.4. The highest BCUT2D eigenvalue weighted by molar-refractivity contribution is 7.81. The van der Waals surface area contributed by atoms with Crippen molar-refractivity contribution < 1.29 is 8.95 Å². The number of aromatic nitrogens is 2.